The molecule has 0 saturated carbocycles. The lowest BCUT2D eigenvalue weighted by atomic mass is 10.2. The summed E-state index contributed by atoms with van der Waals surface area (Å²) in [5.74, 6) is -1.52. The van der Waals surface area contributed by atoms with E-state index in [0.717, 1.165) is 6.07 Å². The Bertz CT molecular complexity index is 852. The zero-order valence-electron chi connectivity index (χ0n) is 13.3. The maximum Gasteiger partial charge on any atom is 0.338 e. The first kappa shape index (κ1) is 19.5. The van der Waals surface area contributed by atoms with Crippen LogP contribution in [0.3, 0.4) is 0 Å². The average Bonchev–Trinajstić information content (AvgIpc) is 2.58. The molecule has 1 N–H and O–H groups in total. The lowest BCUT2D eigenvalue weighted by molar-refractivity contribution is -0.385. The summed E-state index contributed by atoms with van der Waals surface area (Å²) in [6.45, 7) is -0.594. The molecule has 0 aliphatic rings. The second-order valence-electron chi connectivity index (χ2n) is 4.93. The molecule has 2 rings (SSSR count). The number of carbonyl (C=O) groups excluding carboxylic acids is 2. The molecule has 10 heteroatoms. The quantitative estimate of drug-likeness (QED) is 0.451. The van der Waals surface area contributed by atoms with Crippen LogP contribution in [0, 0.1) is 10.1 Å². The van der Waals surface area contributed by atoms with Crippen molar-refractivity contribution >= 4 is 46.5 Å². The molecular formula is C16H12Cl2N2O6. The average molecular weight is 399 g/mol. The van der Waals surface area contributed by atoms with Crippen molar-refractivity contribution in [2.45, 2.75) is 0 Å². The van der Waals surface area contributed by atoms with Crippen molar-refractivity contribution in [3.8, 4) is 5.75 Å². The first-order valence-corrected chi connectivity index (χ1v) is 7.81. The largest absolute Gasteiger partial charge is 0.490 e. The molecule has 1 amide bonds. The number of hydrogen-bond acceptors (Lipinski definition) is 6. The summed E-state index contributed by atoms with van der Waals surface area (Å²) in [5, 5.41) is 14.1. The number of hydrogen-bond donors (Lipinski definition) is 1. The fourth-order valence-electron chi connectivity index (χ4n) is 2.00. The molecule has 136 valence electrons. The number of nitrogens with zero attached hydrogens (tertiary/aromatic N) is 1. The fraction of sp³-hybridized carbons (Fsp3) is 0.125. The van der Waals surface area contributed by atoms with E-state index in [1.54, 1.807) is 0 Å². The number of halogens is 2. The molecule has 0 spiro atoms. The predicted molar refractivity (Wildman–Crippen MR) is 95.0 cm³/mol. The summed E-state index contributed by atoms with van der Waals surface area (Å²) >= 11 is 11.6. The van der Waals surface area contributed by atoms with Gasteiger partial charge in [0.1, 0.15) is 0 Å². The summed E-state index contributed by atoms with van der Waals surface area (Å²) in [6, 6.07) is 8.01. The van der Waals surface area contributed by atoms with Crippen LogP contribution in [0.25, 0.3) is 0 Å². The minimum absolute atomic E-state index is 0.00197. The van der Waals surface area contributed by atoms with Gasteiger partial charge < -0.3 is 14.8 Å². The molecule has 0 saturated heterocycles. The van der Waals surface area contributed by atoms with Gasteiger partial charge in [-0.05, 0) is 30.3 Å². The number of nitro benzene ring substituents is 1. The van der Waals surface area contributed by atoms with E-state index in [4.69, 9.17) is 32.7 Å². The van der Waals surface area contributed by atoms with Crippen LogP contribution in [-0.4, -0.2) is 30.5 Å². The van der Waals surface area contributed by atoms with Gasteiger partial charge in [0.2, 0.25) is 0 Å². The molecule has 8 nitrogen and oxygen atoms in total. The van der Waals surface area contributed by atoms with Gasteiger partial charge in [-0.2, -0.15) is 0 Å². The van der Waals surface area contributed by atoms with E-state index in [0.29, 0.717) is 15.7 Å². The summed E-state index contributed by atoms with van der Waals surface area (Å²) in [5.41, 5.74) is -0.139. The van der Waals surface area contributed by atoms with Gasteiger partial charge in [0.25, 0.3) is 5.91 Å². The Kier molecular flexibility index (Phi) is 6.37. The molecule has 0 heterocycles. The molecule has 0 fully saturated rings. The van der Waals surface area contributed by atoms with Gasteiger partial charge in [0.15, 0.2) is 12.4 Å². The Labute approximate surface area is 157 Å². The van der Waals surface area contributed by atoms with E-state index in [-0.39, 0.29) is 17.0 Å². The number of amides is 1. The lowest BCUT2D eigenvalue weighted by Crippen LogP contribution is -2.21. The molecule has 0 aliphatic heterocycles. The zero-order valence-corrected chi connectivity index (χ0v) is 14.8. The second kappa shape index (κ2) is 8.50. The van der Waals surface area contributed by atoms with Crippen LogP contribution in [0.15, 0.2) is 36.4 Å². The SMILES string of the molecule is COc1ccc(C(=O)OCC(=O)Nc2cc(Cl)cc(Cl)c2)cc1[N+](=O)[O-]. The third-order valence-corrected chi connectivity index (χ3v) is 3.53. The van der Waals surface area contributed by atoms with Gasteiger partial charge in [-0.15, -0.1) is 0 Å². The maximum absolute atomic E-state index is 12.0. The third kappa shape index (κ3) is 5.08. The summed E-state index contributed by atoms with van der Waals surface area (Å²) in [6.07, 6.45) is 0. The van der Waals surface area contributed by atoms with Crippen molar-refractivity contribution in [1.29, 1.82) is 0 Å². The molecule has 26 heavy (non-hydrogen) atoms. The van der Waals surface area contributed by atoms with Crippen molar-refractivity contribution < 1.29 is 24.0 Å². The number of nitro groups is 1. The van der Waals surface area contributed by atoms with Crippen LogP contribution in [0.5, 0.6) is 5.75 Å². The summed E-state index contributed by atoms with van der Waals surface area (Å²) < 4.78 is 9.70. The van der Waals surface area contributed by atoms with E-state index in [1.807, 2.05) is 0 Å². The summed E-state index contributed by atoms with van der Waals surface area (Å²) in [4.78, 5) is 34.1. The first-order chi connectivity index (χ1) is 12.3. The molecule has 0 radical (unpaired) electrons. The number of nitrogens with one attached hydrogen (secondary N) is 1. The molecular weight excluding hydrogens is 387 g/mol. The Hall–Kier alpha value is -2.84. The van der Waals surface area contributed by atoms with Crippen molar-refractivity contribution in [1.82, 2.24) is 0 Å². The van der Waals surface area contributed by atoms with Crippen LogP contribution in [0.2, 0.25) is 10.0 Å². The molecule has 0 bridgehead atoms. The van der Waals surface area contributed by atoms with Crippen LogP contribution in [0.4, 0.5) is 11.4 Å². The maximum atomic E-state index is 12.0. The van der Waals surface area contributed by atoms with Gasteiger partial charge in [0.05, 0.1) is 17.6 Å². The number of anilines is 1. The molecule has 0 aromatic heterocycles. The van der Waals surface area contributed by atoms with Gasteiger partial charge in [-0.3, -0.25) is 14.9 Å². The van der Waals surface area contributed by atoms with E-state index in [9.17, 15) is 19.7 Å². The van der Waals surface area contributed by atoms with Crippen LogP contribution >= 0.6 is 23.2 Å². The number of benzene rings is 2. The van der Waals surface area contributed by atoms with Gasteiger partial charge >= 0.3 is 11.7 Å². The zero-order chi connectivity index (χ0) is 19.3. The Morgan fingerprint density at radius 1 is 1.15 bits per heavy atom. The van der Waals surface area contributed by atoms with E-state index < -0.39 is 23.4 Å². The van der Waals surface area contributed by atoms with Crippen molar-refractivity contribution in [3.63, 3.8) is 0 Å². The highest BCUT2D eigenvalue weighted by Crippen LogP contribution is 2.27. The predicted octanol–water partition coefficient (Wildman–Crippen LogP) is 3.71. The highest BCUT2D eigenvalue weighted by molar-refractivity contribution is 6.35. The third-order valence-electron chi connectivity index (χ3n) is 3.09. The highest BCUT2D eigenvalue weighted by Gasteiger charge is 2.19. The Morgan fingerprint density at radius 3 is 2.38 bits per heavy atom. The summed E-state index contributed by atoms with van der Waals surface area (Å²) in [7, 11) is 1.27. The number of methoxy groups -OCH3 is 1. The van der Waals surface area contributed by atoms with Crippen LogP contribution in [0.1, 0.15) is 10.4 Å². The topological polar surface area (TPSA) is 108 Å². The Balaban J connectivity index is 2.00. The molecule has 0 unspecified atom stereocenters. The monoisotopic (exact) mass is 398 g/mol. The first-order valence-electron chi connectivity index (χ1n) is 7.05. The smallest absolute Gasteiger partial charge is 0.338 e. The standard InChI is InChI=1S/C16H12Cl2N2O6/c1-25-14-3-2-9(4-13(14)20(23)24)16(22)26-8-15(21)19-12-6-10(17)5-11(18)7-12/h2-7H,8H2,1H3,(H,19,21). The normalized spacial score (nSPS) is 10.1. The van der Waals surface area contributed by atoms with E-state index in [1.165, 1.54) is 37.4 Å². The molecule has 0 atom stereocenters. The lowest BCUT2D eigenvalue weighted by Gasteiger charge is -2.08. The molecule has 2 aromatic carbocycles. The van der Waals surface area contributed by atoms with Crippen LogP contribution in [-0.2, 0) is 9.53 Å². The number of esters is 1. The van der Waals surface area contributed by atoms with Gasteiger partial charge in [0, 0.05) is 21.8 Å². The van der Waals surface area contributed by atoms with Crippen molar-refractivity contribution in [2.75, 3.05) is 19.0 Å². The Morgan fingerprint density at radius 2 is 1.81 bits per heavy atom. The minimum Gasteiger partial charge on any atom is -0.490 e. The number of carbonyl (C=O) groups is 2. The van der Waals surface area contributed by atoms with Crippen LogP contribution < -0.4 is 10.1 Å². The van der Waals surface area contributed by atoms with Crippen molar-refractivity contribution in [3.05, 3.63) is 62.1 Å². The van der Waals surface area contributed by atoms with Gasteiger partial charge in [-0.1, -0.05) is 23.2 Å². The number of rotatable bonds is 6. The van der Waals surface area contributed by atoms with Gasteiger partial charge in [-0.25, -0.2) is 4.79 Å². The van der Waals surface area contributed by atoms with E-state index >= 15 is 0 Å². The molecule has 0 aliphatic carbocycles. The fourth-order valence-corrected chi connectivity index (χ4v) is 2.52. The minimum atomic E-state index is -0.893. The molecule has 2 aromatic rings. The highest BCUT2D eigenvalue weighted by atomic mass is 35.5. The second-order valence-corrected chi connectivity index (χ2v) is 5.80. The number of ether oxygens (including phenoxy) is 2. The van der Waals surface area contributed by atoms with Crippen molar-refractivity contribution in [2.24, 2.45) is 0 Å². The van der Waals surface area contributed by atoms with E-state index in [2.05, 4.69) is 5.32 Å².